The van der Waals surface area contributed by atoms with Crippen LogP contribution in [0.15, 0.2) is 24.3 Å². The molecule has 1 aliphatic heterocycles. The fourth-order valence-corrected chi connectivity index (χ4v) is 7.25. The Labute approximate surface area is 184 Å². The molecule has 4 aliphatic carbocycles. The number of aryl methyl sites for hydroxylation is 1. The number of nitrogens with one attached hydrogen (secondary N) is 1. The zero-order chi connectivity index (χ0) is 21.8. The van der Waals surface area contributed by atoms with Gasteiger partial charge in [-0.05, 0) is 74.8 Å². The lowest BCUT2D eigenvalue weighted by Gasteiger charge is -2.59. The molecular formula is C25H35N3O3. The molecule has 5 aliphatic rings. The summed E-state index contributed by atoms with van der Waals surface area (Å²) in [5.74, 6) is 1.21. The number of amides is 2. The van der Waals surface area contributed by atoms with E-state index >= 15 is 0 Å². The minimum Gasteiger partial charge on any atom is -0.369 e. The predicted molar refractivity (Wildman–Crippen MR) is 118 cm³/mol. The third-order valence-corrected chi connectivity index (χ3v) is 8.68. The van der Waals surface area contributed by atoms with Crippen LogP contribution in [0.1, 0.15) is 56.2 Å². The van der Waals surface area contributed by atoms with E-state index in [0.29, 0.717) is 30.9 Å². The molecule has 4 unspecified atom stereocenters. The number of nitrogens with zero attached hydrogens (tertiary/aromatic N) is 1. The largest absolute Gasteiger partial charge is 0.369 e. The summed E-state index contributed by atoms with van der Waals surface area (Å²) >= 11 is 0. The lowest BCUT2D eigenvalue weighted by molar-refractivity contribution is -0.151. The van der Waals surface area contributed by atoms with Gasteiger partial charge in [-0.15, -0.1) is 0 Å². The highest BCUT2D eigenvalue weighted by Crippen LogP contribution is 2.59. The number of morpholine rings is 1. The molecule has 1 saturated heterocycles. The number of hydrogen-bond donors (Lipinski definition) is 2. The average Bonchev–Trinajstić information content (AvgIpc) is 2.75. The van der Waals surface area contributed by atoms with Crippen LogP contribution in [0.4, 0.5) is 0 Å². The standard InChI is InChI=1S/C25H35N3O3/c1-15-5-3-4-6-20(15)16(2)28-7-8-31-21(14-28)23(29)27-22-18-9-17-10-19(22)13-25(11-17,12-18)24(26)30/h3-6,16-19,21-22H,7-14H2,1-2H3,(H2,26,30)(H,27,29). The molecule has 6 heteroatoms. The van der Waals surface area contributed by atoms with Crippen LogP contribution in [0.2, 0.25) is 0 Å². The van der Waals surface area contributed by atoms with E-state index < -0.39 is 6.10 Å². The first-order valence-corrected chi connectivity index (χ1v) is 11.9. The second-order valence-corrected chi connectivity index (χ2v) is 10.5. The maximum atomic E-state index is 13.2. The van der Waals surface area contributed by atoms with Crippen molar-refractivity contribution < 1.29 is 14.3 Å². The third-order valence-electron chi connectivity index (χ3n) is 8.68. The summed E-state index contributed by atoms with van der Waals surface area (Å²) in [5.41, 5.74) is 8.07. The Hall–Kier alpha value is -1.92. The first-order chi connectivity index (χ1) is 14.9. The van der Waals surface area contributed by atoms with E-state index in [1.807, 2.05) is 0 Å². The van der Waals surface area contributed by atoms with E-state index in [1.165, 1.54) is 11.1 Å². The van der Waals surface area contributed by atoms with E-state index in [2.05, 4.69) is 48.3 Å². The van der Waals surface area contributed by atoms with Crippen molar-refractivity contribution in [1.29, 1.82) is 0 Å². The van der Waals surface area contributed by atoms with Crippen molar-refractivity contribution in [2.45, 2.75) is 64.1 Å². The van der Waals surface area contributed by atoms with Gasteiger partial charge in [0.1, 0.15) is 6.10 Å². The molecular weight excluding hydrogens is 390 g/mol. The van der Waals surface area contributed by atoms with Gasteiger partial charge in [0, 0.05) is 30.6 Å². The molecule has 1 aromatic carbocycles. The smallest absolute Gasteiger partial charge is 0.250 e. The Morgan fingerprint density at radius 2 is 1.90 bits per heavy atom. The highest BCUT2D eigenvalue weighted by molar-refractivity contribution is 5.83. The van der Waals surface area contributed by atoms with E-state index in [4.69, 9.17) is 10.5 Å². The molecule has 6 nitrogen and oxygen atoms in total. The van der Waals surface area contributed by atoms with Crippen molar-refractivity contribution in [2.75, 3.05) is 19.7 Å². The zero-order valence-electron chi connectivity index (χ0n) is 18.7. The molecule has 1 aromatic rings. The Kier molecular flexibility index (Phi) is 5.33. The molecule has 1 heterocycles. The van der Waals surface area contributed by atoms with Crippen LogP contribution in [0.25, 0.3) is 0 Å². The van der Waals surface area contributed by atoms with Crippen molar-refractivity contribution in [3.05, 3.63) is 35.4 Å². The Balaban J connectivity index is 1.24. The number of primary amides is 1. The van der Waals surface area contributed by atoms with Gasteiger partial charge in [-0.2, -0.15) is 0 Å². The fourth-order valence-electron chi connectivity index (χ4n) is 7.25. The van der Waals surface area contributed by atoms with Crippen LogP contribution in [-0.4, -0.2) is 48.6 Å². The fraction of sp³-hybridized carbons (Fsp3) is 0.680. The van der Waals surface area contributed by atoms with Crippen molar-refractivity contribution in [2.24, 2.45) is 28.9 Å². The normalized spacial score (nSPS) is 38.1. The summed E-state index contributed by atoms with van der Waals surface area (Å²) in [7, 11) is 0. The van der Waals surface area contributed by atoms with Gasteiger partial charge in [-0.3, -0.25) is 14.5 Å². The first-order valence-electron chi connectivity index (χ1n) is 11.9. The topological polar surface area (TPSA) is 84.7 Å². The summed E-state index contributed by atoms with van der Waals surface area (Å²) in [6, 6.07) is 8.86. The quantitative estimate of drug-likeness (QED) is 0.759. The summed E-state index contributed by atoms with van der Waals surface area (Å²) in [4.78, 5) is 27.8. The molecule has 0 aromatic heterocycles. The second kappa shape index (κ2) is 7.89. The van der Waals surface area contributed by atoms with Gasteiger partial charge in [0.05, 0.1) is 6.61 Å². The zero-order valence-corrected chi connectivity index (χ0v) is 18.7. The highest BCUT2D eigenvalue weighted by atomic mass is 16.5. The average molecular weight is 426 g/mol. The maximum Gasteiger partial charge on any atom is 0.250 e. The van der Waals surface area contributed by atoms with Gasteiger partial charge in [0.2, 0.25) is 5.91 Å². The van der Waals surface area contributed by atoms with Crippen molar-refractivity contribution in [3.8, 4) is 0 Å². The molecule has 31 heavy (non-hydrogen) atoms. The van der Waals surface area contributed by atoms with Gasteiger partial charge in [0.25, 0.3) is 5.91 Å². The Bertz CT molecular complexity index is 855. The molecule has 3 N–H and O–H groups in total. The summed E-state index contributed by atoms with van der Waals surface area (Å²) < 4.78 is 5.91. The van der Waals surface area contributed by atoms with Gasteiger partial charge >= 0.3 is 0 Å². The predicted octanol–water partition coefficient (Wildman–Crippen LogP) is 2.55. The van der Waals surface area contributed by atoms with Gasteiger partial charge in [-0.25, -0.2) is 0 Å². The third kappa shape index (κ3) is 3.68. The first kappa shape index (κ1) is 21.0. The van der Waals surface area contributed by atoms with Crippen molar-refractivity contribution in [1.82, 2.24) is 10.2 Å². The van der Waals surface area contributed by atoms with Gasteiger partial charge < -0.3 is 15.8 Å². The van der Waals surface area contributed by atoms with Gasteiger partial charge in [-0.1, -0.05) is 24.3 Å². The molecule has 4 atom stereocenters. The van der Waals surface area contributed by atoms with Crippen LogP contribution in [0.5, 0.6) is 0 Å². The summed E-state index contributed by atoms with van der Waals surface area (Å²) in [6.45, 7) is 6.36. The second-order valence-electron chi connectivity index (χ2n) is 10.5. The van der Waals surface area contributed by atoms with Crippen molar-refractivity contribution in [3.63, 3.8) is 0 Å². The van der Waals surface area contributed by atoms with Crippen LogP contribution < -0.4 is 11.1 Å². The summed E-state index contributed by atoms with van der Waals surface area (Å²) in [6.07, 6.45) is 4.40. The van der Waals surface area contributed by atoms with Gasteiger partial charge in [0.15, 0.2) is 0 Å². The Morgan fingerprint density at radius 3 is 2.58 bits per heavy atom. The lowest BCUT2D eigenvalue weighted by atomic mass is 9.47. The molecule has 0 radical (unpaired) electrons. The van der Waals surface area contributed by atoms with E-state index in [0.717, 1.165) is 38.6 Å². The Morgan fingerprint density at radius 1 is 1.19 bits per heavy atom. The lowest BCUT2D eigenvalue weighted by Crippen LogP contribution is -2.63. The van der Waals surface area contributed by atoms with Crippen LogP contribution in [0.3, 0.4) is 0 Å². The SMILES string of the molecule is Cc1ccccc1C(C)N1CCOC(C(=O)NC2C3CC4CC2CC(C(N)=O)(C4)C3)C1. The molecule has 0 spiro atoms. The molecule has 4 saturated carbocycles. The monoisotopic (exact) mass is 425 g/mol. The molecule has 6 rings (SSSR count). The van der Waals surface area contributed by atoms with Crippen molar-refractivity contribution >= 4 is 11.8 Å². The number of benzene rings is 1. The number of carbonyl (C=O) groups excluding carboxylic acids is 2. The highest BCUT2D eigenvalue weighted by Gasteiger charge is 2.58. The minimum atomic E-state index is -0.442. The number of hydrogen-bond acceptors (Lipinski definition) is 4. The van der Waals surface area contributed by atoms with Crippen LogP contribution >= 0.6 is 0 Å². The van der Waals surface area contributed by atoms with Crippen LogP contribution in [0, 0.1) is 30.1 Å². The van der Waals surface area contributed by atoms with E-state index in [1.54, 1.807) is 0 Å². The number of carbonyl (C=O) groups is 2. The molecule has 2 amide bonds. The van der Waals surface area contributed by atoms with Crippen LogP contribution in [-0.2, 0) is 14.3 Å². The van der Waals surface area contributed by atoms with E-state index in [9.17, 15) is 9.59 Å². The number of nitrogens with two attached hydrogens (primary N) is 1. The maximum absolute atomic E-state index is 13.2. The van der Waals surface area contributed by atoms with E-state index in [-0.39, 0.29) is 29.3 Å². The minimum absolute atomic E-state index is 0.00674. The summed E-state index contributed by atoms with van der Waals surface area (Å²) in [5, 5.41) is 3.36. The molecule has 5 fully saturated rings. The molecule has 4 bridgehead atoms. The number of rotatable bonds is 5. The molecule has 168 valence electrons. The number of ether oxygens (including phenoxy) is 1.